The SMILES string of the molecule is COc1ccc([C@H](C)N[C@@H](C)c2cnn(C)c2)cc1Cn1cccn1. The molecule has 2 heterocycles. The van der Waals surface area contributed by atoms with Gasteiger partial charge in [0.2, 0.25) is 0 Å². The van der Waals surface area contributed by atoms with Crippen molar-refractivity contribution in [3.8, 4) is 5.75 Å². The predicted molar refractivity (Wildman–Crippen MR) is 97.5 cm³/mol. The molecule has 25 heavy (non-hydrogen) atoms. The fraction of sp³-hybridized carbons (Fsp3) is 0.368. The van der Waals surface area contributed by atoms with E-state index in [1.54, 1.807) is 13.3 Å². The summed E-state index contributed by atoms with van der Waals surface area (Å²) in [4.78, 5) is 0. The molecule has 0 aliphatic rings. The fourth-order valence-electron chi connectivity index (χ4n) is 2.99. The Balaban J connectivity index is 1.76. The maximum Gasteiger partial charge on any atom is 0.123 e. The molecule has 6 heteroatoms. The van der Waals surface area contributed by atoms with Crippen molar-refractivity contribution in [2.24, 2.45) is 7.05 Å². The van der Waals surface area contributed by atoms with Crippen LogP contribution in [0.25, 0.3) is 0 Å². The molecule has 132 valence electrons. The molecular formula is C19H25N5O. The predicted octanol–water partition coefficient (Wildman–Crippen LogP) is 3.09. The van der Waals surface area contributed by atoms with Crippen molar-refractivity contribution in [2.75, 3.05) is 7.11 Å². The maximum absolute atomic E-state index is 5.51. The molecule has 2 atom stereocenters. The Hall–Kier alpha value is -2.60. The molecule has 3 aromatic rings. The topological polar surface area (TPSA) is 56.9 Å². The Morgan fingerprint density at radius 1 is 1.16 bits per heavy atom. The van der Waals surface area contributed by atoms with E-state index in [1.807, 2.05) is 47.1 Å². The summed E-state index contributed by atoms with van der Waals surface area (Å²) in [5.74, 6) is 0.881. The Kier molecular flexibility index (Phi) is 5.19. The van der Waals surface area contributed by atoms with Crippen molar-refractivity contribution in [3.63, 3.8) is 0 Å². The van der Waals surface area contributed by atoms with Gasteiger partial charge in [-0.2, -0.15) is 10.2 Å². The number of nitrogens with one attached hydrogen (secondary N) is 1. The van der Waals surface area contributed by atoms with E-state index in [9.17, 15) is 0 Å². The van der Waals surface area contributed by atoms with E-state index in [0.717, 1.165) is 11.3 Å². The van der Waals surface area contributed by atoms with Crippen LogP contribution in [0.15, 0.2) is 49.1 Å². The number of benzene rings is 1. The summed E-state index contributed by atoms with van der Waals surface area (Å²) in [7, 11) is 3.64. The molecule has 0 bridgehead atoms. The molecule has 1 aromatic carbocycles. The number of methoxy groups -OCH3 is 1. The van der Waals surface area contributed by atoms with Crippen LogP contribution in [-0.2, 0) is 13.6 Å². The van der Waals surface area contributed by atoms with Crippen LogP contribution in [-0.4, -0.2) is 26.7 Å². The monoisotopic (exact) mass is 339 g/mol. The van der Waals surface area contributed by atoms with Gasteiger partial charge in [-0.15, -0.1) is 0 Å². The smallest absolute Gasteiger partial charge is 0.123 e. The zero-order valence-corrected chi connectivity index (χ0v) is 15.2. The lowest BCUT2D eigenvalue weighted by molar-refractivity contribution is 0.406. The van der Waals surface area contributed by atoms with Gasteiger partial charge in [0.05, 0.1) is 19.9 Å². The van der Waals surface area contributed by atoms with Gasteiger partial charge < -0.3 is 10.1 Å². The van der Waals surface area contributed by atoms with Crippen LogP contribution in [0.2, 0.25) is 0 Å². The number of hydrogen-bond acceptors (Lipinski definition) is 4. The molecule has 0 spiro atoms. The lowest BCUT2D eigenvalue weighted by Crippen LogP contribution is -2.22. The first-order valence-electron chi connectivity index (χ1n) is 8.45. The van der Waals surface area contributed by atoms with E-state index < -0.39 is 0 Å². The lowest BCUT2D eigenvalue weighted by Gasteiger charge is -2.21. The molecule has 1 N–H and O–H groups in total. The van der Waals surface area contributed by atoms with Crippen LogP contribution in [0, 0.1) is 0 Å². The van der Waals surface area contributed by atoms with Crippen LogP contribution >= 0.6 is 0 Å². The summed E-state index contributed by atoms with van der Waals surface area (Å²) in [6, 6.07) is 8.68. The summed E-state index contributed by atoms with van der Waals surface area (Å²) in [5, 5.41) is 12.2. The van der Waals surface area contributed by atoms with Gasteiger partial charge >= 0.3 is 0 Å². The highest BCUT2D eigenvalue weighted by Gasteiger charge is 2.14. The van der Waals surface area contributed by atoms with E-state index in [-0.39, 0.29) is 12.1 Å². The van der Waals surface area contributed by atoms with Gasteiger partial charge in [-0.25, -0.2) is 0 Å². The molecule has 0 radical (unpaired) electrons. The first-order chi connectivity index (χ1) is 12.1. The van der Waals surface area contributed by atoms with Crippen molar-refractivity contribution < 1.29 is 4.74 Å². The van der Waals surface area contributed by atoms with Gasteiger partial charge in [-0.05, 0) is 37.6 Å². The summed E-state index contributed by atoms with van der Waals surface area (Å²) in [6.07, 6.45) is 7.69. The molecule has 6 nitrogen and oxygen atoms in total. The molecule has 0 fully saturated rings. The summed E-state index contributed by atoms with van der Waals surface area (Å²) >= 11 is 0. The molecule has 0 aliphatic heterocycles. The number of aromatic nitrogens is 4. The van der Waals surface area contributed by atoms with Crippen LogP contribution in [0.5, 0.6) is 5.75 Å². The van der Waals surface area contributed by atoms with Crippen molar-refractivity contribution in [2.45, 2.75) is 32.5 Å². The fourth-order valence-corrected chi connectivity index (χ4v) is 2.99. The number of hydrogen-bond donors (Lipinski definition) is 1. The number of nitrogens with zero attached hydrogens (tertiary/aromatic N) is 4. The molecule has 2 aromatic heterocycles. The largest absolute Gasteiger partial charge is 0.496 e. The van der Waals surface area contributed by atoms with Gasteiger partial charge in [0.1, 0.15) is 5.75 Å². The van der Waals surface area contributed by atoms with Gasteiger partial charge in [-0.3, -0.25) is 9.36 Å². The van der Waals surface area contributed by atoms with E-state index in [2.05, 4.69) is 41.5 Å². The second kappa shape index (κ2) is 7.53. The highest BCUT2D eigenvalue weighted by molar-refractivity contribution is 5.38. The van der Waals surface area contributed by atoms with Crippen molar-refractivity contribution >= 4 is 0 Å². The highest BCUT2D eigenvalue weighted by atomic mass is 16.5. The van der Waals surface area contributed by atoms with Crippen LogP contribution in [0.3, 0.4) is 0 Å². The van der Waals surface area contributed by atoms with E-state index in [0.29, 0.717) is 6.54 Å². The lowest BCUT2D eigenvalue weighted by atomic mass is 10.0. The summed E-state index contributed by atoms with van der Waals surface area (Å²) in [5.41, 5.74) is 3.52. The quantitative estimate of drug-likeness (QED) is 0.719. The third-order valence-electron chi connectivity index (χ3n) is 4.42. The van der Waals surface area contributed by atoms with E-state index in [1.165, 1.54) is 11.1 Å². The average molecular weight is 339 g/mol. The Morgan fingerprint density at radius 3 is 2.60 bits per heavy atom. The highest BCUT2D eigenvalue weighted by Crippen LogP contribution is 2.26. The van der Waals surface area contributed by atoms with E-state index in [4.69, 9.17) is 4.74 Å². The van der Waals surface area contributed by atoms with Crippen LogP contribution in [0.4, 0.5) is 0 Å². The van der Waals surface area contributed by atoms with Gasteiger partial charge in [0.25, 0.3) is 0 Å². The third kappa shape index (κ3) is 4.09. The Bertz CT molecular complexity index is 809. The molecule has 0 aliphatic carbocycles. The van der Waals surface area contributed by atoms with Crippen molar-refractivity contribution in [3.05, 3.63) is 65.7 Å². The third-order valence-corrected chi connectivity index (χ3v) is 4.42. The number of rotatable bonds is 7. The second-order valence-electron chi connectivity index (χ2n) is 6.33. The number of aryl methyl sites for hydroxylation is 1. The number of ether oxygens (including phenoxy) is 1. The minimum absolute atomic E-state index is 0.206. The zero-order valence-electron chi connectivity index (χ0n) is 15.2. The minimum atomic E-state index is 0.206. The van der Waals surface area contributed by atoms with Crippen LogP contribution < -0.4 is 10.1 Å². The van der Waals surface area contributed by atoms with Gasteiger partial charge in [-0.1, -0.05) is 6.07 Å². The van der Waals surface area contributed by atoms with Crippen LogP contribution in [0.1, 0.15) is 42.6 Å². The van der Waals surface area contributed by atoms with Gasteiger partial charge in [0, 0.05) is 48.8 Å². The molecule has 3 rings (SSSR count). The summed E-state index contributed by atoms with van der Waals surface area (Å²) < 4.78 is 9.24. The maximum atomic E-state index is 5.51. The molecular weight excluding hydrogens is 314 g/mol. The first kappa shape index (κ1) is 17.2. The molecule has 0 amide bonds. The first-order valence-corrected chi connectivity index (χ1v) is 8.45. The Morgan fingerprint density at radius 2 is 1.96 bits per heavy atom. The van der Waals surface area contributed by atoms with Crippen molar-refractivity contribution in [1.29, 1.82) is 0 Å². The van der Waals surface area contributed by atoms with Gasteiger partial charge in [0.15, 0.2) is 0 Å². The zero-order chi connectivity index (χ0) is 17.8. The average Bonchev–Trinajstić information content (AvgIpc) is 3.26. The molecule has 0 unspecified atom stereocenters. The Labute approximate surface area is 148 Å². The molecule has 0 saturated carbocycles. The normalized spacial score (nSPS) is 13.6. The second-order valence-corrected chi connectivity index (χ2v) is 6.33. The van der Waals surface area contributed by atoms with E-state index >= 15 is 0 Å². The minimum Gasteiger partial charge on any atom is -0.496 e. The standard InChI is InChI=1S/C19H25N5O/c1-14(22-15(2)18-11-21-23(3)12-18)16-6-7-19(25-4)17(10-16)13-24-9-5-8-20-24/h5-12,14-15,22H,13H2,1-4H3/t14-,15-/m0/s1. The summed E-state index contributed by atoms with van der Waals surface area (Å²) in [6.45, 7) is 5.02. The van der Waals surface area contributed by atoms with Crippen molar-refractivity contribution in [1.82, 2.24) is 24.9 Å². The molecule has 0 saturated heterocycles.